The van der Waals surface area contributed by atoms with Gasteiger partial charge >= 0.3 is 6.18 Å². The summed E-state index contributed by atoms with van der Waals surface area (Å²) in [4.78, 5) is 31.4. The molecule has 2 aromatic carbocycles. The Hall–Kier alpha value is -3.95. The summed E-state index contributed by atoms with van der Waals surface area (Å²) < 4.78 is 38.5. The van der Waals surface area contributed by atoms with Gasteiger partial charge in [-0.15, -0.1) is 0 Å². The molecule has 1 aliphatic rings. The molecule has 10 heteroatoms. The van der Waals surface area contributed by atoms with E-state index in [1.165, 1.54) is 6.07 Å². The van der Waals surface area contributed by atoms with Crippen LogP contribution in [-0.4, -0.2) is 28.3 Å². The normalized spacial score (nSPS) is 15.8. The Labute approximate surface area is 181 Å². The summed E-state index contributed by atoms with van der Waals surface area (Å²) in [6, 6.07) is 14.3. The average molecular weight is 441 g/mol. The predicted molar refractivity (Wildman–Crippen MR) is 112 cm³/mol. The first kappa shape index (κ1) is 21.3. The zero-order valence-electron chi connectivity index (χ0n) is 16.6. The minimum Gasteiger partial charge on any atom is -0.355 e. The van der Waals surface area contributed by atoms with E-state index in [1.54, 1.807) is 30.3 Å². The van der Waals surface area contributed by atoms with Gasteiger partial charge in [0.2, 0.25) is 11.9 Å². The van der Waals surface area contributed by atoms with Crippen LogP contribution in [0.5, 0.6) is 0 Å². The van der Waals surface area contributed by atoms with Gasteiger partial charge in [0.25, 0.3) is 5.91 Å². The van der Waals surface area contributed by atoms with E-state index in [9.17, 15) is 22.8 Å². The molecular formula is C22H18F3N5O2. The van der Waals surface area contributed by atoms with E-state index in [1.807, 2.05) is 12.1 Å². The highest BCUT2D eigenvalue weighted by atomic mass is 19.4. The standard InChI is InChI=1S/C22H18F3N5O2/c23-22(24,25)18-7-8-26-21(30-18)29-17-6-2-4-14(10-17)20(32)28-16-5-1-3-13(9-16)15-11-19(31)27-12-15/h1-10,15H,11-12H2,(H,27,31)(H,28,32)(H,26,29,30). The molecule has 2 amide bonds. The van der Waals surface area contributed by atoms with E-state index in [4.69, 9.17) is 0 Å². The Morgan fingerprint density at radius 3 is 2.59 bits per heavy atom. The second kappa shape index (κ2) is 8.66. The minimum absolute atomic E-state index is 0.00139. The average Bonchev–Trinajstić information content (AvgIpc) is 3.20. The van der Waals surface area contributed by atoms with Crippen LogP contribution in [0.2, 0.25) is 0 Å². The van der Waals surface area contributed by atoms with Gasteiger partial charge in [0.05, 0.1) is 0 Å². The van der Waals surface area contributed by atoms with Crippen molar-refractivity contribution < 1.29 is 22.8 Å². The Morgan fingerprint density at radius 2 is 1.84 bits per heavy atom. The van der Waals surface area contributed by atoms with E-state index in [0.29, 0.717) is 29.9 Å². The van der Waals surface area contributed by atoms with Crippen LogP contribution in [0.4, 0.5) is 30.5 Å². The number of hydrogen-bond acceptors (Lipinski definition) is 5. The van der Waals surface area contributed by atoms with Crippen LogP contribution < -0.4 is 16.0 Å². The van der Waals surface area contributed by atoms with Crippen molar-refractivity contribution in [2.75, 3.05) is 17.2 Å². The second-order valence-corrected chi connectivity index (χ2v) is 7.25. The number of halogens is 3. The topological polar surface area (TPSA) is 96.0 Å². The molecule has 0 radical (unpaired) electrons. The molecular weight excluding hydrogens is 423 g/mol. The first-order valence-electron chi connectivity index (χ1n) is 9.73. The molecule has 1 aliphatic heterocycles. The smallest absolute Gasteiger partial charge is 0.355 e. The Morgan fingerprint density at radius 1 is 1.06 bits per heavy atom. The molecule has 0 bridgehead atoms. The fraction of sp³-hybridized carbons (Fsp3) is 0.182. The number of carbonyl (C=O) groups excluding carboxylic acids is 2. The summed E-state index contributed by atoms with van der Waals surface area (Å²) in [6.07, 6.45) is -3.17. The third-order valence-corrected chi connectivity index (χ3v) is 4.92. The summed E-state index contributed by atoms with van der Waals surface area (Å²) in [6.45, 7) is 0.557. The van der Waals surface area contributed by atoms with Gasteiger partial charge in [0.15, 0.2) is 0 Å². The van der Waals surface area contributed by atoms with E-state index >= 15 is 0 Å². The predicted octanol–water partition coefficient (Wildman–Crippen LogP) is 4.09. The van der Waals surface area contributed by atoms with E-state index < -0.39 is 17.8 Å². The third-order valence-electron chi connectivity index (χ3n) is 4.92. The number of carbonyl (C=O) groups is 2. The maximum atomic E-state index is 12.8. The van der Waals surface area contributed by atoms with Crippen molar-refractivity contribution in [1.82, 2.24) is 15.3 Å². The molecule has 1 atom stereocenters. The molecule has 3 N–H and O–H groups in total. The Kier molecular flexibility index (Phi) is 5.76. The highest BCUT2D eigenvalue weighted by molar-refractivity contribution is 6.04. The van der Waals surface area contributed by atoms with Gasteiger partial charge in [-0.25, -0.2) is 9.97 Å². The quantitative estimate of drug-likeness (QED) is 0.554. The fourth-order valence-electron chi connectivity index (χ4n) is 3.36. The number of anilines is 3. The SMILES string of the molecule is O=C1CC(c2cccc(NC(=O)c3cccc(Nc4nccc(C(F)(F)F)n4)c3)c2)CN1. The van der Waals surface area contributed by atoms with Crippen molar-refractivity contribution in [3.63, 3.8) is 0 Å². The molecule has 1 saturated heterocycles. The number of nitrogens with one attached hydrogen (secondary N) is 3. The maximum Gasteiger partial charge on any atom is 0.433 e. The highest BCUT2D eigenvalue weighted by Crippen LogP contribution is 2.28. The van der Waals surface area contributed by atoms with Crippen molar-refractivity contribution in [2.45, 2.75) is 18.5 Å². The number of alkyl halides is 3. The number of nitrogens with zero attached hydrogens (tertiary/aromatic N) is 2. The number of benzene rings is 2. The van der Waals surface area contributed by atoms with Crippen LogP contribution in [0.3, 0.4) is 0 Å². The number of rotatable bonds is 5. The minimum atomic E-state index is -4.59. The van der Waals surface area contributed by atoms with Crippen LogP contribution >= 0.6 is 0 Å². The van der Waals surface area contributed by atoms with Crippen molar-refractivity contribution in [3.05, 3.63) is 77.6 Å². The molecule has 1 fully saturated rings. The number of hydrogen-bond donors (Lipinski definition) is 3. The van der Waals surface area contributed by atoms with Crippen LogP contribution in [0, 0.1) is 0 Å². The molecule has 1 aromatic heterocycles. The van der Waals surface area contributed by atoms with Crippen molar-refractivity contribution in [1.29, 1.82) is 0 Å². The van der Waals surface area contributed by atoms with Crippen molar-refractivity contribution >= 4 is 29.1 Å². The fourth-order valence-corrected chi connectivity index (χ4v) is 3.36. The molecule has 164 valence electrons. The molecule has 3 aromatic rings. The number of amides is 2. The van der Waals surface area contributed by atoms with Gasteiger partial charge in [-0.2, -0.15) is 13.2 Å². The lowest BCUT2D eigenvalue weighted by Crippen LogP contribution is -2.14. The third kappa shape index (κ3) is 5.02. The Bertz CT molecular complexity index is 1170. The zero-order chi connectivity index (χ0) is 22.7. The monoisotopic (exact) mass is 441 g/mol. The van der Waals surface area contributed by atoms with Gasteiger partial charge in [0, 0.05) is 42.0 Å². The van der Waals surface area contributed by atoms with Crippen LogP contribution in [0.1, 0.15) is 34.0 Å². The molecule has 1 unspecified atom stereocenters. The molecule has 2 heterocycles. The first-order valence-corrected chi connectivity index (χ1v) is 9.73. The molecule has 32 heavy (non-hydrogen) atoms. The summed E-state index contributed by atoms with van der Waals surface area (Å²) >= 11 is 0. The van der Waals surface area contributed by atoms with Crippen molar-refractivity contribution in [2.24, 2.45) is 0 Å². The van der Waals surface area contributed by atoms with Gasteiger partial charge < -0.3 is 16.0 Å². The van der Waals surface area contributed by atoms with Crippen LogP contribution in [0.15, 0.2) is 60.8 Å². The first-order chi connectivity index (χ1) is 15.3. The van der Waals surface area contributed by atoms with Gasteiger partial charge in [0.1, 0.15) is 5.69 Å². The van der Waals surface area contributed by atoms with Crippen molar-refractivity contribution in [3.8, 4) is 0 Å². The van der Waals surface area contributed by atoms with Gasteiger partial charge in [-0.05, 0) is 42.0 Å². The van der Waals surface area contributed by atoms with Crippen LogP contribution in [0.25, 0.3) is 0 Å². The molecule has 0 saturated carbocycles. The largest absolute Gasteiger partial charge is 0.433 e. The van der Waals surface area contributed by atoms with Crippen LogP contribution in [-0.2, 0) is 11.0 Å². The lowest BCUT2D eigenvalue weighted by Gasteiger charge is -2.12. The second-order valence-electron chi connectivity index (χ2n) is 7.25. The molecule has 0 spiro atoms. The summed E-state index contributed by atoms with van der Waals surface area (Å²) in [7, 11) is 0. The number of aromatic nitrogens is 2. The molecule has 4 rings (SSSR count). The molecule has 0 aliphatic carbocycles. The lowest BCUT2D eigenvalue weighted by molar-refractivity contribution is -0.141. The van der Waals surface area contributed by atoms with E-state index in [-0.39, 0.29) is 17.8 Å². The van der Waals surface area contributed by atoms with Gasteiger partial charge in [-0.1, -0.05) is 18.2 Å². The highest BCUT2D eigenvalue weighted by Gasteiger charge is 2.32. The summed E-state index contributed by atoms with van der Waals surface area (Å²) in [5, 5.41) is 8.27. The zero-order valence-corrected chi connectivity index (χ0v) is 16.6. The summed E-state index contributed by atoms with van der Waals surface area (Å²) in [5.74, 6) is -0.570. The Balaban J connectivity index is 1.47. The summed E-state index contributed by atoms with van der Waals surface area (Å²) in [5.41, 5.74) is 1.11. The molecule has 7 nitrogen and oxygen atoms in total. The van der Waals surface area contributed by atoms with Gasteiger partial charge in [-0.3, -0.25) is 9.59 Å². The van der Waals surface area contributed by atoms with E-state index in [0.717, 1.165) is 17.8 Å². The maximum absolute atomic E-state index is 12.8. The van der Waals surface area contributed by atoms with E-state index in [2.05, 4.69) is 25.9 Å². The lowest BCUT2D eigenvalue weighted by atomic mass is 9.98.